The van der Waals surface area contributed by atoms with E-state index in [4.69, 9.17) is 9.73 Å². The van der Waals surface area contributed by atoms with E-state index in [1.165, 1.54) is 38.5 Å². The number of guanidine groups is 1. The van der Waals surface area contributed by atoms with Gasteiger partial charge in [-0.05, 0) is 75.6 Å². The number of piperidine rings is 1. The number of phenolic OH excluding ortho intramolecular Hbond substituents is 1. The van der Waals surface area contributed by atoms with Crippen LogP contribution in [0.3, 0.4) is 0 Å². The van der Waals surface area contributed by atoms with Gasteiger partial charge >= 0.3 is 0 Å². The van der Waals surface area contributed by atoms with E-state index < -0.39 is 0 Å². The summed E-state index contributed by atoms with van der Waals surface area (Å²) in [6.45, 7) is 7.42. The highest BCUT2D eigenvalue weighted by Crippen LogP contribution is 2.35. The molecule has 27 heavy (non-hydrogen) atoms. The van der Waals surface area contributed by atoms with Crippen LogP contribution in [0.15, 0.2) is 23.2 Å². The third kappa shape index (κ3) is 5.38. The zero-order valence-corrected chi connectivity index (χ0v) is 16.9. The largest absolute Gasteiger partial charge is 0.508 e. The fourth-order valence-corrected chi connectivity index (χ4v) is 4.49. The maximum Gasteiger partial charge on any atom is 0.198 e. The second-order valence-corrected chi connectivity index (χ2v) is 7.83. The molecule has 150 valence electrons. The summed E-state index contributed by atoms with van der Waals surface area (Å²) >= 11 is 0. The van der Waals surface area contributed by atoms with E-state index in [0.717, 1.165) is 55.9 Å². The van der Waals surface area contributed by atoms with Crippen molar-refractivity contribution in [3.63, 3.8) is 0 Å². The number of anilines is 1. The molecule has 2 unspecified atom stereocenters. The molecule has 2 atom stereocenters. The molecular formula is C22H35N3O2. The fourth-order valence-electron chi connectivity index (χ4n) is 4.49. The SMILES string of the molecule is CCOCCCN=C(Nc1ccc(O)cc1C)N1CCCC2CCCCC21. The molecule has 0 aromatic heterocycles. The van der Waals surface area contributed by atoms with Crippen LogP contribution in [0.25, 0.3) is 0 Å². The van der Waals surface area contributed by atoms with E-state index >= 15 is 0 Å². The highest BCUT2D eigenvalue weighted by atomic mass is 16.5. The third-order valence-corrected chi connectivity index (χ3v) is 5.88. The van der Waals surface area contributed by atoms with E-state index in [9.17, 15) is 5.11 Å². The molecule has 2 aliphatic rings. The second-order valence-electron chi connectivity index (χ2n) is 7.83. The van der Waals surface area contributed by atoms with Crippen LogP contribution in [0.5, 0.6) is 5.75 Å². The van der Waals surface area contributed by atoms with E-state index in [2.05, 4.69) is 10.2 Å². The summed E-state index contributed by atoms with van der Waals surface area (Å²) in [7, 11) is 0. The molecular weight excluding hydrogens is 338 g/mol. The first kappa shape index (κ1) is 20.0. The molecule has 0 amide bonds. The first-order valence-corrected chi connectivity index (χ1v) is 10.6. The van der Waals surface area contributed by atoms with Crippen LogP contribution in [0, 0.1) is 12.8 Å². The molecule has 1 saturated heterocycles. The van der Waals surface area contributed by atoms with E-state index in [-0.39, 0.29) is 0 Å². The van der Waals surface area contributed by atoms with Crippen molar-refractivity contribution in [3.8, 4) is 5.75 Å². The topological polar surface area (TPSA) is 57.1 Å². The normalized spacial score (nSPS) is 23.2. The van der Waals surface area contributed by atoms with Gasteiger partial charge in [-0.15, -0.1) is 0 Å². The van der Waals surface area contributed by atoms with Crippen molar-refractivity contribution >= 4 is 11.6 Å². The highest BCUT2D eigenvalue weighted by Gasteiger charge is 2.34. The molecule has 2 N–H and O–H groups in total. The lowest BCUT2D eigenvalue weighted by Gasteiger charge is -2.45. The molecule has 0 radical (unpaired) electrons. The fraction of sp³-hybridized carbons (Fsp3) is 0.682. The number of nitrogens with one attached hydrogen (secondary N) is 1. The minimum atomic E-state index is 0.304. The highest BCUT2D eigenvalue weighted by molar-refractivity contribution is 5.94. The molecule has 1 aliphatic heterocycles. The number of rotatable bonds is 6. The van der Waals surface area contributed by atoms with Crippen LogP contribution in [0.2, 0.25) is 0 Å². The van der Waals surface area contributed by atoms with Crippen molar-refractivity contribution in [3.05, 3.63) is 23.8 Å². The van der Waals surface area contributed by atoms with Crippen molar-refractivity contribution in [1.82, 2.24) is 4.90 Å². The lowest BCUT2D eigenvalue weighted by Crippen LogP contribution is -2.52. The number of aliphatic imine (C=N–C) groups is 1. The van der Waals surface area contributed by atoms with Gasteiger partial charge in [0.25, 0.3) is 0 Å². The van der Waals surface area contributed by atoms with Gasteiger partial charge in [0.15, 0.2) is 5.96 Å². The minimum Gasteiger partial charge on any atom is -0.508 e. The lowest BCUT2D eigenvalue weighted by molar-refractivity contribution is 0.118. The second kappa shape index (κ2) is 9.98. The van der Waals surface area contributed by atoms with Gasteiger partial charge < -0.3 is 20.1 Å². The number of ether oxygens (including phenoxy) is 1. The van der Waals surface area contributed by atoms with Crippen LogP contribution < -0.4 is 5.32 Å². The number of hydrogen-bond donors (Lipinski definition) is 2. The van der Waals surface area contributed by atoms with Gasteiger partial charge in [0.2, 0.25) is 0 Å². The summed E-state index contributed by atoms with van der Waals surface area (Å²) in [5, 5.41) is 13.3. The Morgan fingerprint density at radius 2 is 2.07 bits per heavy atom. The number of aryl methyl sites for hydroxylation is 1. The summed E-state index contributed by atoms with van der Waals surface area (Å²) in [6.07, 6.45) is 8.88. The summed E-state index contributed by atoms with van der Waals surface area (Å²) in [4.78, 5) is 7.49. The maximum absolute atomic E-state index is 9.72. The molecule has 1 aromatic carbocycles. The van der Waals surface area contributed by atoms with Gasteiger partial charge in [-0.1, -0.05) is 12.8 Å². The quantitative estimate of drug-likeness (QED) is 0.332. The summed E-state index contributed by atoms with van der Waals surface area (Å²) < 4.78 is 5.47. The molecule has 0 spiro atoms. The van der Waals surface area contributed by atoms with Gasteiger partial charge in [-0.2, -0.15) is 0 Å². The van der Waals surface area contributed by atoms with Crippen LogP contribution >= 0.6 is 0 Å². The monoisotopic (exact) mass is 373 g/mol. The predicted octanol–water partition coefficient (Wildman–Crippen LogP) is 4.55. The first-order chi connectivity index (χ1) is 13.2. The van der Waals surface area contributed by atoms with Gasteiger partial charge in [-0.3, -0.25) is 4.99 Å². The van der Waals surface area contributed by atoms with E-state index in [1.807, 2.05) is 19.9 Å². The van der Waals surface area contributed by atoms with Crippen molar-refractivity contribution in [1.29, 1.82) is 0 Å². The van der Waals surface area contributed by atoms with E-state index in [1.54, 1.807) is 12.1 Å². The Balaban J connectivity index is 1.76. The molecule has 5 heteroatoms. The Morgan fingerprint density at radius 1 is 1.26 bits per heavy atom. The molecule has 0 bridgehead atoms. The van der Waals surface area contributed by atoms with Crippen LogP contribution in [-0.4, -0.2) is 48.3 Å². The van der Waals surface area contributed by atoms with Gasteiger partial charge in [-0.25, -0.2) is 0 Å². The summed E-state index contributed by atoms with van der Waals surface area (Å²) in [6, 6.07) is 6.10. The van der Waals surface area contributed by atoms with Crippen molar-refractivity contribution < 1.29 is 9.84 Å². The van der Waals surface area contributed by atoms with Crippen LogP contribution in [0.1, 0.15) is 57.4 Å². The number of aromatic hydroxyl groups is 1. The predicted molar refractivity (Wildman–Crippen MR) is 112 cm³/mol. The van der Waals surface area contributed by atoms with E-state index in [0.29, 0.717) is 11.8 Å². The Kier molecular flexibility index (Phi) is 7.39. The Labute approximate surface area is 163 Å². The summed E-state index contributed by atoms with van der Waals surface area (Å²) in [5.41, 5.74) is 2.06. The standard InChI is InChI=1S/C22H35N3O2/c1-3-27-15-7-13-23-22(24-20-12-11-19(26)16-17(20)2)25-14-6-9-18-8-4-5-10-21(18)25/h11-12,16,18,21,26H,3-10,13-15H2,1-2H3,(H,23,24). The molecule has 3 rings (SSSR count). The Bertz CT molecular complexity index is 630. The van der Waals surface area contributed by atoms with Gasteiger partial charge in [0.1, 0.15) is 5.75 Å². The molecule has 1 saturated carbocycles. The number of phenols is 1. The average Bonchev–Trinajstić information content (AvgIpc) is 2.68. The number of fused-ring (bicyclic) bond motifs is 1. The van der Waals surface area contributed by atoms with Crippen molar-refractivity contribution in [2.45, 2.75) is 64.8 Å². The Morgan fingerprint density at radius 3 is 2.89 bits per heavy atom. The lowest BCUT2D eigenvalue weighted by atomic mass is 9.78. The number of hydrogen-bond acceptors (Lipinski definition) is 3. The molecule has 1 aromatic rings. The number of benzene rings is 1. The zero-order chi connectivity index (χ0) is 19.1. The zero-order valence-electron chi connectivity index (χ0n) is 16.9. The maximum atomic E-state index is 9.72. The first-order valence-electron chi connectivity index (χ1n) is 10.6. The average molecular weight is 374 g/mol. The minimum absolute atomic E-state index is 0.304. The molecule has 1 aliphatic carbocycles. The third-order valence-electron chi connectivity index (χ3n) is 5.88. The molecule has 1 heterocycles. The van der Waals surface area contributed by atoms with Crippen molar-refractivity contribution in [2.24, 2.45) is 10.9 Å². The van der Waals surface area contributed by atoms with Gasteiger partial charge in [0, 0.05) is 38.0 Å². The van der Waals surface area contributed by atoms with Crippen LogP contribution in [-0.2, 0) is 4.74 Å². The number of likely N-dealkylation sites (tertiary alicyclic amines) is 1. The van der Waals surface area contributed by atoms with Crippen molar-refractivity contribution in [2.75, 3.05) is 31.6 Å². The molecule has 5 nitrogen and oxygen atoms in total. The summed E-state index contributed by atoms with van der Waals surface area (Å²) in [5.74, 6) is 2.11. The molecule has 2 fully saturated rings. The Hall–Kier alpha value is -1.75. The van der Waals surface area contributed by atoms with Crippen LogP contribution in [0.4, 0.5) is 5.69 Å². The smallest absolute Gasteiger partial charge is 0.198 e. The number of nitrogens with zero attached hydrogens (tertiary/aromatic N) is 2. The van der Waals surface area contributed by atoms with Gasteiger partial charge in [0.05, 0.1) is 0 Å².